The van der Waals surface area contributed by atoms with Crippen LogP contribution in [-0.2, 0) is 13.6 Å². The summed E-state index contributed by atoms with van der Waals surface area (Å²) in [6.45, 7) is 7.07. The van der Waals surface area contributed by atoms with E-state index in [0.29, 0.717) is 28.9 Å². The van der Waals surface area contributed by atoms with Gasteiger partial charge in [-0.1, -0.05) is 32.0 Å². The molecule has 0 aliphatic heterocycles. The highest BCUT2D eigenvalue weighted by molar-refractivity contribution is 7.07. The van der Waals surface area contributed by atoms with Crippen LogP contribution in [0.5, 0.6) is 17.2 Å². The van der Waals surface area contributed by atoms with Gasteiger partial charge < -0.3 is 18.8 Å². The Bertz CT molecular complexity index is 1480. The lowest BCUT2D eigenvalue weighted by atomic mass is 10.1. The third kappa shape index (κ3) is 5.09. The first kappa shape index (κ1) is 26.3. The van der Waals surface area contributed by atoms with Crippen molar-refractivity contribution in [2.75, 3.05) is 21.3 Å². The number of benzene rings is 2. The molecule has 0 radical (unpaired) electrons. The highest BCUT2D eigenvalue weighted by Crippen LogP contribution is 2.41. The van der Waals surface area contributed by atoms with Crippen LogP contribution in [0, 0.1) is 12.8 Å². The normalized spacial score (nSPS) is 11.8. The second-order valence-electron chi connectivity index (χ2n) is 9.17. The molecular weight excluding hydrogens is 488 g/mol. The van der Waals surface area contributed by atoms with Crippen molar-refractivity contribution >= 4 is 17.0 Å². The standard InChI is InChI=1S/C28H34N4O4S/c1-18(2)13-14-31-22(20-15-23(34-5)26(36-7)24(16-20)35-6)17-37-28(31)29-25-19(3)30(4)32(27(25)33)21-11-9-8-10-12-21/h8-12,15-18H,13-14H2,1-7H3. The first-order valence-electron chi connectivity index (χ1n) is 12.2. The molecule has 0 atom stereocenters. The van der Waals surface area contributed by atoms with Gasteiger partial charge in [0.15, 0.2) is 22.0 Å². The van der Waals surface area contributed by atoms with Gasteiger partial charge in [0.05, 0.1) is 38.4 Å². The molecule has 0 saturated carbocycles. The summed E-state index contributed by atoms with van der Waals surface area (Å²) in [5.41, 5.74) is 3.78. The molecule has 0 aliphatic carbocycles. The molecule has 0 aliphatic rings. The van der Waals surface area contributed by atoms with Crippen LogP contribution in [-0.4, -0.2) is 35.3 Å². The first-order valence-corrected chi connectivity index (χ1v) is 13.1. The zero-order valence-corrected chi connectivity index (χ0v) is 23.3. The molecule has 0 bridgehead atoms. The zero-order valence-electron chi connectivity index (χ0n) is 22.4. The van der Waals surface area contributed by atoms with E-state index in [1.54, 1.807) is 26.0 Å². The van der Waals surface area contributed by atoms with Crippen LogP contribution in [0.25, 0.3) is 16.9 Å². The number of para-hydroxylation sites is 1. The lowest BCUT2D eigenvalue weighted by molar-refractivity contribution is 0.324. The van der Waals surface area contributed by atoms with Gasteiger partial charge in [-0.15, -0.1) is 11.3 Å². The SMILES string of the molecule is COc1cc(-c2csc(=Nc3c(C)n(C)n(-c4ccccc4)c3=O)n2CCC(C)C)cc(OC)c1OC. The summed E-state index contributed by atoms with van der Waals surface area (Å²) in [6.07, 6.45) is 0.962. The average Bonchev–Trinajstić information content (AvgIpc) is 3.40. The second kappa shape index (κ2) is 11.1. The fourth-order valence-corrected chi connectivity index (χ4v) is 5.20. The van der Waals surface area contributed by atoms with Crippen molar-refractivity contribution in [3.8, 4) is 34.2 Å². The van der Waals surface area contributed by atoms with E-state index in [9.17, 15) is 4.79 Å². The predicted molar refractivity (Wildman–Crippen MR) is 148 cm³/mol. The molecular formula is C28H34N4O4S. The number of hydrogen-bond donors (Lipinski definition) is 0. The van der Waals surface area contributed by atoms with E-state index in [2.05, 4.69) is 23.8 Å². The van der Waals surface area contributed by atoms with E-state index in [0.717, 1.165) is 40.4 Å². The summed E-state index contributed by atoms with van der Waals surface area (Å²) in [4.78, 5) is 19.2. The Balaban J connectivity index is 1.92. The van der Waals surface area contributed by atoms with Crippen molar-refractivity contribution in [2.45, 2.75) is 33.7 Å². The van der Waals surface area contributed by atoms with Gasteiger partial charge in [-0.3, -0.25) is 9.48 Å². The predicted octanol–water partition coefficient (Wildman–Crippen LogP) is 5.32. The lowest BCUT2D eigenvalue weighted by Gasteiger charge is -2.16. The molecule has 0 spiro atoms. The zero-order chi connectivity index (χ0) is 26.7. The number of thiazole rings is 1. The molecule has 0 N–H and O–H groups in total. The van der Waals surface area contributed by atoms with Gasteiger partial charge in [0.2, 0.25) is 5.75 Å². The van der Waals surface area contributed by atoms with E-state index in [1.807, 2.05) is 61.1 Å². The maximum atomic E-state index is 13.5. The summed E-state index contributed by atoms with van der Waals surface area (Å²) in [5.74, 6) is 2.22. The summed E-state index contributed by atoms with van der Waals surface area (Å²) in [5, 5.41) is 2.06. The molecule has 2 aromatic heterocycles. The van der Waals surface area contributed by atoms with E-state index in [4.69, 9.17) is 19.2 Å². The Morgan fingerprint density at radius 2 is 1.65 bits per heavy atom. The summed E-state index contributed by atoms with van der Waals surface area (Å²) < 4.78 is 22.4. The van der Waals surface area contributed by atoms with Crippen molar-refractivity contribution in [3.63, 3.8) is 0 Å². The van der Waals surface area contributed by atoms with Crippen molar-refractivity contribution in [1.82, 2.24) is 13.9 Å². The topological polar surface area (TPSA) is 71.9 Å². The molecule has 196 valence electrons. The van der Waals surface area contributed by atoms with Crippen molar-refractivity contribution < 1.29 is 14.2 Å². The number of nitrogens with zero attached hydrogens (tertiary/aromatic N) is 4. The molecule has 4 rings (SSSR count). The van der Waals surface area contributed by atoms with Crippen LogP contribution in [0.2, 0.25) is 0 Å². The molecule has 0 unspecified atom stereocenters. The average molecular weight is 523 g/mol. The molecule has 0 amide bonds. The number of rotatable bonds is 9. The van der Waals surface area contributed by atoms with Crippen LogP contribution in [0.4, 0.5) is 5.69 Å². The van der Waals surface area contributed by atoms with Crippen LogP contribution >= 0.6 is 11.3 Å². The van der Waals surface area contributed by atoms with Crippen LogP contribution in [0.15, 0.2) is 57.6 Å². The fourth-order valence-electron chi connectivity index (χ4n) is 4.26. The Morgan fingerprint density at radius 1 is 1.00 bits per heavy atom. The van der Waals surface area contributed by atoms with Gasteiger partial charge >= 0.3 is 0 Å². The minimum absolute atomic E-state index is 0.149. The van der Waals surface area contributed by atoms with Gasteiger partial charge in [-0.05, 0) is 43.5 Å². The monoisotopic (exact) mass is 522 g/mol. The van der Waals surface area contributed by atoms with Crippen LogP contribution in [0.3, 0.4) is 0 Å². The summed E-state index contributed by atoms with van der Waals surface area (Å²) in [6, 6.07) is 13.5. The Hall–Kier alpha value is -3.72. The smallest absolute Gasteiger partial charge is 0.297 e. The highest BCUT2D eigenvalue weighted by Gasteiger charge is 2.19. The quantitative estimate of drug-likeness (QED) is 0.298. The minimum atomic E-state index is -0.149. The van der Waals surface area contributed by atoms with Crippen molar-refractivity contribution in [3.05, 3.63) is 68.7 Å². The van der Waals surface area contributed by atoms with Gasteiger partial charge in [0.25, 0.3) is 5.56 Å². The number of ether oxygens (including phenoxy) is 3. The third-order valence-corrected chi connectivity index (χ3v) is 7.28. The third-order valence-electron chi connectivity index (χ3n) is 6.42. The molecule has 2 aromatic carbocycles. The molecule has 37 heavy (non-hydrogen) atoms. The van der Waals surface area contributed by atoms with E-state index >= 15 is 0 Å². The maximum Gasteiger partial charge on any atom is 0.297 e. The molecule has 4 aromatic rings. The van der Waals surface area contributed by atoms with E-state index in [-0.39, 0.29) is 5.56 Å². The van der Waals surface area contributed by atoms with Gasteiger partial charge in [0, 0.05) is 24.5 Å². The summed E-state index contributed by atoms with van der Waals surface area (Å²) >= 11 is 1.51. The Labute approximate surface area is 221 Å². The largest absolute Gasteiger partial charge is 0.493 e. The lowest BCUT2D eigenvalue weighted by Crippen LogP contribution is -2.20. The van der Waals surface area contributed by atoms with Gasteiger partial charge in [-0.2, -0.15) is 0 Å². The van der Waals surface area contributed by atoms with E-state index in [1.165, 1.54) is 11.3 Å². The van der Waals surface area contributed by atoms with Gasteiger partial charge in [-0.25, -0.2) is 9.67 Å². The minimum Gasteiger partial charge on any atom is -0.493 e. The molecule has 2 heterocycles. The molecule has 9 heteroatoms. The number of aromatic nitrogens is 3. The molecule has 8 nitrogen and oxygen atoms in total. The fraction of sp³-hybridized carbons (Fsp3) is 0.357. The van der Waals surface area contributed by atoms with E-state index < -0.39 is 0 Å². The maximum absolute atomic E-state index is 13.5. The Morgan fingerprint density at radius 3 is 2.22 bits per heavy atom. The van der Waals surface area contributed by atoms with Gasteiger partial charge in [0.1, 0.15) is 0 Å². The number of hydrogen-bond acceptors (Lipinski definition) is 6. The number of methoxy groups -OCH3 is 3. The first-order chi connectivity index (χ1) is 17.8. The Kier molecular flexibility index (Phi) is 7.92. The van der Waals surface area contributed by atoms with Crippen molar-refractivity contribution in [1.29, 1.82) is 0 Å². The molecule has 0 fully saturated rings. The second-order valence-corrected chi connectivity index (χ2v) is 10.0. The van der Waals surface area contributed by atoms with Crippen molar-refractivity contribution in [2.24, 2.45) is 18.0 Å². The highest BCUT2D eigenvalue weighted by atomic mass is 32.1. The summed E-state index contributed by atoms with van der Waals surface area (Å²) in [7, 11) is 6.69. The molecule has 0 saturated heterocycles. The van der Waals surface area contributed by atoms with Crippen LogP contribution < -0.4 is 24.6 Å². The van der Waals surface area contributed by atoms with Crippen LogP contribution in [0.1, 0.15) is 26.0 Å².